The summed E-state index contributed by atoms with van der Waals surface area (Å²) in [5.41, 5.74) is 0.642. The monoisotopic (exact) mass is 359 g/mol. The smallest absolute Gasteiger partial charge is 0.333 e. The molecule has 0 aliphatic carbocycles. The molecule has 0 bridgehead atoms. The van der Waals surface area contributed by atoms with Gasteiger partial charge in [-0.15, -0.1) is 0 Å². The fourth-order valence-corrected chi connectivity index (χ4v) is 3.81. The summed E-state index contributed by atoms with van der Waals surface area (Å²) in [4.78, 5) is -0.255. The molecule has 0 fully saturated rings. The zero-order valence-electron chi connectivity index (χ0n) is 13.5. The number of rotatable bonds is 7. The first-order valence-electron chi connectivity index (χ1n) is 7.28. The molecule has 6 nitrogen and oxygen atoms in total. The van der Waals surface area contributed by atoms with Gasteiger partial charge in [0.05, 0.1) is 19.0 Å². The largest absolute Gasteiger partial charge is 0.497 e. The minimum Gasteiger partial charge on any atom is -0.497 e. The lowest BCUT2D eigenvalue weighted by Gasteiger charge is -2.18. The van der Waals surface area contributed by atoms with Crippen molar-refractivity contribution < 1.29 is 21.9 Å². The molecular weight excluding hydrogens is 340 g/mol. The van der Waals surface area contributed by atoms with E-state index in [0.717, 1.165) is 11.8 Å². The van der Waals surface area contributed by atoms with Crippen molar-refractivity contribution in [1.29, 1.82) is 0 Å². The van der Waals surface area contributed by atoms with E-state index in [9.17, 15) is 17.2 Å². The molecule has 0 aliphatic rings. The van der Waals surface area contributed by atoms with Crippen LogP contribution in [-0.2, 0) is 10.0 Å². The molecule has 0 radical (unpaired) electrons. The summed E-state index contributed by atoms with van der Waals surface area (Å²) in [6.45, 7) is 0.229. The maximum Gasteiger partial charge on any atom is 0.333 e. The van der Waals surface area contributed by atoms with Gasteiger partial charge in [0, 0.05) is 6.04 Å². The van der Waals surface area contributed by atoms with Gasteiger partial charge in [0.15, 0.2) is 0 Å². The fourth-order valence-electron chi connectivity index (χ4n) is 2.34. The van der Waals surface area contributed by atoms with Crippen LogP contribution in [0.4, 0.5) is 8.78 Å². The molecule has 2 rings (SSSR count). The van der Waals surface area contributed by atoms with Crippen LogP contribution in [0.3, 0.4) is 0 Å². The van der Waals surface area contributed by atoms with E-state index in [-0.39, 0.29) is 10.6 Å². The third kappa shape index (κ3) is 3.73. The Kier molecular flexibility index (Phi) is 5.55. The Morgan fingerprint density at radius 3 is 2.38 bits per heavy atom. The zero-order valence-corrected chi connectivity index (χ0v) is 14.3. The van der Waals surface area contributed by atoms with Gasteiger partial charge in [-0.1, -0.05) is 19.1 Å². The van der Waals surface area contributed by atoms with Crippen molar-refractivity contribution in [1.82, 2.24) is 14.5 Å². The lowest BCUT2D eigenvalue weighted by molar-refractivity contribution is 0.0541. The molecule has 0 spiro atoms. The highest BCUT2D eigenvalue weighted by atomic mass is 32.2. The SMILES string of the molecule is CC[C@@H](NS(=O)(=O)c1cnn(C(F)F)c1C)c1ccc(OC)cc1. The lowest BCUT2D eigenvalue weighted by atomic mass is 10.1. The minimum atomic E-state index is -3.98. The topological polar surface area (TPSA) is 73.2 Å². The average molecular weight is 359 g/mol. The van der Waals surface area contributed by atoms with E-state index in [1.54, 1.807) is 31.4 Å². The van der Waals surface area contributed by atoms with Crippen LogP contribution in [0.1, 0.15) is 37.2 Å². The molecule has 24 heavy (non-hydrogen) atoms. The highest BCUT2D eigenvalue weighted by Gasteiger charge is 2.26. The maximum absolute atomic E-state index is 12.8. The van der Waals surface area contributed by atoms with E-state index in [1.165, 1.54) is 6.92 Å². The fraction of sp³-hybridized carbons (Fsp3) is 0.400. The van der Waals surface area contributed by atoms with Crippen LogP contribution >= 0.6 is 0 Å². The maximum atomic E-state index is 12.8. The summed E-state index contributed by atoms with van der Waals surface area (Å²) < 4.78 is 58.6. The van der Waals surface area contributed by atoms with Gasteiger partial charge >= 0.3 is 6.55 Å². The predicted octanol–water partition coefficient (Wildman–Crippen LogP) is 3.02. The molecule has 132 valence electrons. The number of nitrogens with one attached hydrogen (secondary N) is 1. The van der Waals surface area contributed by atoms with Crippen molar-refractivity contribution in [2.75, 3.05) is 7.11 Å². The number of benzene rings is 1. The lowest BCUT2D eigenvalue weighted by Crippen LogP contribution is -2.28. The van der Waals surface area contributed by atoms with Crippen molar-refractivity contribution in [3.8, 4) is 5.75 Å². The summed E-state index contributed by atoms with van der Waals surface area (Å²) >= 11 is 0. The Morgan fingerprint density at radius 1 is 1.29 bits per heavy atom. The van der Waals surface area contributed by atoms with E-state index < -0.39 is 22.6 Å². The second-order valence-corrected chi connectivity index (χ2v) is 6.85. The first-order chi connectivity index (χ1) is 11.3. The van der Waals surface area contributed by atoms with Crippen LogP contribution in [-0.4, -0.2) is 25.3 Å². The molecular formula is C15H19F2N3O3S. The number of nitrogens with zero attached hydrogens (tertiary/aromatic N) is 2. The standard InChI is InChI=1S/C15H19F2N3O3S/c1-4-13(11-5-7-12(23-3)8-6-11)19-24(21,22)14-9-18-20(10(14)2)15(16)17/h5-9,13,15,19H,4H2,1-3H3/t13-/m1/s1. The highest BCUT2D eigenvalue weighted by molar-refractivity contribution is 7.89. The summed E-state index contributed by atoms with van der Waals surface area (Å²) in [7, 11) is -2.44. The first kappa shape index (κ1) is 18.3. The Morgan fingerprint density at radius 2 is 1.92 bits per heavy atom. The second-order valence-electron chi connectivity index (χ2n) is 5.17. The quantitative estimate of drug-likeness (QED) is 0.825. The van der Waals surface area contributed by atoms with E-state index in [0.29, 0.717) is 16.9 Å². The zero-order chi connectivity index (χ0) is 17.9. The Balaban J connectivity index is 2.28. The van der Waals surface area contributed by atoms with E-state index in [2.05, 4.69) is 9.82 Å². The van der Waals surface area contributed by atoms with Gasteiger partial charge in [0.25, 0.3) is 0 Å². The summed E-state index contributed by atoms with van der Waals surface area (Å²) in [6.07, 6.45) is 1.43. The van der Waals surface area contributed by atoms with Crippen LogP contribution in [0, 0.1) is 6.92 Å². The molecule has 1 aromatic heterocycles. The van der Waals surface area contributed by atoms with Crippen LogP contribution in [0.2, 0.25) is 0 Å². The van der Waals surface area contributed by atoms with Crippen LogP contribution in [0.15, 0.2) is 35.4 Å². The number of aromatic nitrogens is 2. The third-order valence-corrected chi connectivity index (χ3v) is 5.27. The average Bonchev–Trinajstić information content (AvgIpc) is 2.95. The van der Waals surface area contributed by atoms with Crippen LogP contribution in [0.5, 0.6) is 5.75 Å². The number of hydrogen-bond acceptors (Lipinski definition) is 4. The number of alkyl halides is 2. The van der Waals surface area contributed by atoms with Gasteiger partial charge in [-0.25, -0.2) is 17.8 Å². The molecule has 0 amide bonds. The molecule has 1 atom stereocenters. The normalized spacial score (nSPS) is 13.2. The number of ether oxygens (including phenoxy) is 1. The number of halogens is 2. The molecule has 0 saturated heterocycles. The molecule has 9 heteroatoms. The highest BCUT2D eigenvalue weighted by Crippen LogP contribution is 2.25. The second kappa shape index (κ2) is 7.27. The van der Waals surface area contributed by atoms with Gasteiger partial charge in [-0.2, -0.15) is 13.9 Å². The van der Waals surface area contributed by atoms with Crippen LogP contribution < -0.4 is 9.46 Å². The van der Waals surface area contributed by atoms with Crippen molar-refractivity contribution in [3.05, 3.63) is 41.7 Å². The molecule has 0 aliphatic heterocycles. The van der Waals surface area contributed by atoms with Crippen molar-refractivity contribution >= 4 is 10.0 Å². The predicted molar refractivity (Wildman–Crippen MR) is 84.6 cm³/mol. The molecule has 1 N–H and O–H groups in total. The number of sulfonamides is 1. The van der Waals surface area contributed by atoms with Crippen molar-refractivity contribution in [2.24, 2.45) is 0 Å². The third-order valence-electron chi connectivity index (χ3n) is 3.70. The van der Waals surface area contributed by atoms with Gasteiger partial charge in [0.2, 0.25) is 10.0 Å². The molecule has 1 heterocycles. The van der Waals surface area contributed by atoms with E-state index in [4.69, 9.17) is 4.74 Å². The summed E-state index contributed by atoms with van der Waals surface area (Å²) in [6, 6.07) is 6.48. The molecule has 2 aromatic rings. The molecule has 0 saturated carbocycles. The minimum absolute atomic E-state index is 0.109. The van der Waals surface area contributed by atoms with Gasteiger partial charge in [-0.3, -0.25) is 0 Å². The number of methoxy groups -OCH3 is 1. The Labute approximate surface area is 139 Å². The Hall–Kier alpha value is -2.00. The van der Waals surface area contributed by atoms with Gasteiger partial charge in [-0.05, 0) is 31.0 Å². The van der Waals surface area contributed by atoms with Crippen molar-refractivity contribution in [2.45, 2.75) is 37.8 Å². The first-order valence-corrected chi connectivity index (χ1v) is 8.77. The van der Waals surface area contributed by atoms with E-state index >= 15 is 0 Å². The molecule has 1 aromatic carbocycles. The Bertz CT molecular complexity index is 789. The van der Waals surface area contributed by atoms with Gasteiger partial charge < -0.3 is 4.74 Å². The van der Waals surface area contributed by atoms with Crippen molar-refractivity contribution in [3.63, 3.8) is 0 Å². The summed E-state index contributed by atoms with van der Waals surface area (Å²) in [5, 5.41) is 3.44. The summed E-state index contributed by atoms with van der Waals surface area (Å²) in [5.74, 6) is 0.658. The number of hydrogen-bond donors (Lipinski definition) is 1. The molecule has 0 unspecified atom stereocenters. The van der Waals surface area contributed by atoms with Gasteiger partial charge in [0.1, 0.15) is 10.6 Å². The van der Waals surface area contributed by atoms with E-state index in [1.807, 2.05) is 6.92 Å². The van der Waals surface area contributed by atoms with Crippen LogP contribution in [0.25, 0.3) is 0 Å².